The van der Waals surface area contributed by atoms with Crippen LogP contribution in [0.1, 0.15) is 33.1 Å². The highest BCUT2D eigenvalue weighted by atomic mass is 32.1. The van der Waals surface area contributed by atoms with E-state index >= 15 is 0 Å². The molecular weight excluding hydrogens is 332 g/mol. The third-order valence-electron chi connectivity index (χ3n) is 4.39. The number of ether oxygens (including phenoxy) is 1. The van der Waals surface area contributed by atoms with Gasteiger partial charge in [0.2, 0.25) is 0 Å². The average Bonchev–Trinajstić information content (AvgIpc) is 3.24. The number of likely N-dealkylation sites (N-methyl/N-ethyl adjacent to an activating group) is 1. The lowest BCUT2D eigenvalue weighted by molar-refractivity contribution is 0.213. The molecule has 0 radical (unpaired) electrons. The van der Waals surface area contributed by atoms with Gasteiger partial charge in [-0.15, -0.1) is 11.3 Å². The summed E-state index contributed by atoms with van der Waals surface area (Å²) in [7, 11) is 0. The summed E-state index contributed by atoms with van der Waals surface area (Å²) in [5.74, 6) is 0.884. The Bertz CT molecular complexity index is 781. The van der Waals surface area contributed by atoms with Crippen LogP contribution in [0.2, 0.25) is 0 Å². The Morgan fingerprint density at radius 2 is 2.08 bits per heavy atom. The van der Waals surface area contributed by atoms with E-state index in [2.05, 4.69) is 23.9 Å². The minimum atomic E-state index is 0.705. The Hall–Kier alpha value is -1.85. The average molecular weight is 359 g/mol. The van der Waals surface area contributed by atoms with Crippen molar-refractivity contribution < 1.29 is 9.26 Å². The number of nitrogens with zero attached hydrogens (tertiary/aromatic N) is 2. The van der Waals surface area contributed by atoms with Gasteiger partial charge in [0, 0.05) is 12.1 Å². The van der Waals surface area contributed by atoms with Crippen molar-refractivity contribution in [3.63, 3.8) is 0 Å². The largest absolute Gasteiger partial charge is 0.492 e. The lowest BCUT2D eigenvalue weighted by Crippen LogP contribution is -2.29. The molecule has 0 aliphatic carbocycles. The van der Waals surface area contributed by atoms with Gasteiger partial charge in [0.15, 0.2) is 5.58 Å². The first-order chi connectivity index (χ1) is 12.3. The first kappa shape index (κ1) is 18.0. The van der Waals surface area contributed by atoms with Crippen LogP contribution in [0.25, 0.3) is 21.5 Å². The van der Waals surface area contributed by atoms with Crippen molar-refractivity contribution in [1.29, 1.82) is 0 Å². The molecular formula is C20H26N2O2S. The second-order valence-electron chi connectivity index (χ2n) is 6.16. The summed E-state index contributed by atoms with van der Waals surface area (Å²) in [6, 6.07) is 10.1. The molecule has 4 nitrogen and oxygen atoms in total. The van der Waals surface area contributed by atoms with Gasteiger partial charge in [0.05, 0.1) is 0 Å². The van der Waals surface area contributed by atoms with Crippen LogP contribution >= 0.6 is 11.3 Å². The molecule has 0 saturated heterocycles. The van der Waals surface area contributed by atoms with E-state index in [4.69, 9.17) is 9.26 Å². The van der Waals surface area contributed by atoms with E-state index < -0.39 is 0 Å². The molecule has 0 atom stereocenters. The van der Waals surface area contributed by atoms with Crippen LogP contribution in [-0.2, 0) is 0 Å². The van der Waals surface area contributed by atoms with Crippen molar-refractivity contribution in [2.45, 2.75) is 33.1 Å². The van der Waals surface area contributed by atoms with Gasteiger partial charge in [-0.1, -0.05) is 44.0 Å². The van der Waals surface area contributed by atoms with Crippen LogP contribution < -0.4 is 4.74 Å². The summed E-state index contributed by atoms with van der Waals surface area (Å²) in [5.41, 5.74) is 2.77. The Labute approximate surface area is 153 Å². The number of hydrogen-bond acceptors (Lipinski definition) is 5. The highest BCUT2D eigenvalue weighted by Crippen LogP contribution is 2.33. The highest BCUT2D eigenvalue weighted by molar-refractivity contribution is 7.17. The number of fused-ring (bicyclic) bond motifs is 1. The molecule has 3 rings (SSSR count). The number of unbranched alkanes of at least 4 members (excludes halogenated alkanes) is 2. The SMILES string of the molecule is CCCCCN(CC)CCOc1cccc(-c2noc3ccsc23)c1. The second-order valence-corrected chi connectivity index (χ2v) is 7.08. The first-order valence-corrected chi connectivity index (χ1v) is 9.98. The fraction of sp³-hybridized carbons (Fsp3) is 0.450. The van der Waals surface area contributed by atoms with E-state index in [1.54, 1.807) is 11.3 Å². The maximum Gasteiger partial charge on any atom is 0.178 e. The van der Waals surface area contributed by atoms with Crippen LogP contribution in [0.4, 0.5) is 0 Å². The van der Waals surface area contributed by atoms with Crippen molar-refractivity contribution in [3.8, 4) is 17.0 Å². The van der Waals surface area contributed by atoms with E-state index in [1.807, 2.05) is 35.7 Å². The Kier molecular flexibility index (Phi) is 6.48. The molecule has 0 aliphatic rings. The Balaban J connectivity index is 1.58. The maximum absolute atomic E-state index is 5.98. The second kappa shape index (κ2) is 9.02. The molecule has 25 heavy (non-hydrogen) atoms. The predicted molar refractivity (Wildman–Crippen MR) is 104 cm³/mol. The molecule has 0 bridgehead atoms. The first-order valence-electron chi connectivity index (χ1n) is 9.10. The summed E-state index contributed by atoms with van der Waals surface area (Å²) in [4.78, 5) is 2.45. The van der Waals surface area contributed by atoms with Crippen molar-refractivity contribution in [2.24, 2.45) is 0 Å². The van der Waals surface area contributed by atoms with Crippen LogP contribution in [0.3, 0.4) is 0 Å². The summed E-state index contributed by atoms with van der Waals surface area (Å²) in [6.45, 7) is 8.35. The Morgan fingerprint density at radius 1 is 1.16 bits per heavy atom. The molecule has 0 fully saturated rings. The molecule has 2 heterocycles. The van der Waals surface area contributed by atoms with Crippen LogP contribution in [0, 0.1) is 0 Å². The molecule has 2 aromatic heterocycles. The number of hydrogen-bond donors (Lipinski definition) is 0. The van der Waals surface area contributed by atoms with Gasteiger partial charge < -0.3 is 14.2 Å². The topological polar surface area (TPSA) is 38.5 Å². The molecule has 5 heteroatoms. The van der Waals surface area contributed by atoms with Gasteiger partial charge >= 0.3 is 0 Å². The molecule has 0 N–H and O–H groups in total. The minimum absolute atomic E-state index is 0.705. The van der Waals surface area contributed by atoms with Crippen LogP contribution in [0.15, 0.2) is 40.2 Å². The number of rotatable bonds is 10. The van der Waals surface area contributed by atoms with Crippen LogP contribution in [-0.4, -0.2) is 36.3 Å². The standard InChI is InChI=1S/C20H26N2O2S/c1-3-5-6-11-22(4-2)12-13-23-17-9-7-8-16(15-17)19-20-18(24-21-19)10-14-25-20/h7-10,14-15H,3-6,11-13H2,1-2H3. The lowest BCUT2D eigenvalue weighted by atomic mass is 10.1. The molecule has 1 aromatic carbocycles. The van der Waals surface area contributed by atoms with Gasteiger partial charge in [-0.25, -0.2) is 0 Å². The maximum atomic E-state index is 5.98. The molecule has 134 valence electrons. The van der Waals surface area contributed by atoms with Gasteiger partial charge in [0.1, 0.15) is 22.8 Å². The van der Waals surface area contributed by atoms with E-state index in [1.165, 1.54) is 19.3 Å². The third-order valence-corrected chi connectivity index (χ3v) is 5.29. The zero-order chi connectivity index (χ0) is 17.5. The van der Waals surface area contributed by atoms with Gasteiger partial charge in [-0.05, 0) is 43.1 Å². The Morgan fingerprint density at radius 3 is 2.92 bits per heavy atom. The zero-order valence-corrected chi connectivity index (χ0v) is 15.8. The fourth-order valence-corrected chi connectivity index (χ4v) is 3.72. The smallest absolute Gasteiger partial charge is 0.178 e. The third kappa shape index (κ3) is 4.61. The number of thiophene rings is 1. The molecule has 0 aliphatic heterocycles. The molecule has 0 unspecified atom stereocenters. The minimum Gasteiger partial charge on any atom is -0.492 e. The summed E-state index contributed by atoms with van der Waals surface area (Å²) >= 11 is 1.65. The zero-order valence-electron chi connectivity index (χ0n) is 15.0. The summed E-state index contributed by atoms with van der Waals surface area (Å²) < 4.78 is 12.4. The summed E-state index contributed by atoms with van der Waals surface area (Å²) in [5, 5.41) is 6.23. The van der Waals surface area contributed by atoms with Gasteiger partial charge in [-0.2, -0.15) is 0 Å². The van der Waals surface area contributed by atoms with Crippen molar-refractivity contribution >= 4 is 21.6 Å². The highest BCUT2D eigenvalue weighted by Gasteiger charge is 2.12. The normalized spacial score (nSPS) is 11.5. The summed E-state index contributed by atoms with van der Waals surface area (Å²) in [6.07, 6.45) is 3.83. The monoisotopic (exact) mass is 358 g/mol. The van der Waals surface area contributed by atoms with E-state index in [9.17, 15) is 0 Å². The van der Waals surface area contributed by atoms with E-state index in [0.717, 1.165) is 46.9 Å². The molecule has 0 amide bonds. The van der Waals surface area contributed by atoms with Crippen molar-refractivity contribution in [2.75, 3.05) is 26.2 Å². The van der Waals surface area contributed by atoms with Crippen LogP contribution in [0.5, 0.6) is 5.75 Å². The van der Waals surface area contributed by atoms with Gasteiger partial charge in [-0.3, -0.25) is 0 Å². The molecule has 0 spiro atoms. The molecule has 0 saturated carbocycles. The number of benzene rings is 1. The van der Waals surface area contributed by atoms with Crippen molar-refractivity contribution in [3.05, 3.63) is 35.7 Å². The van der Waals surface area contributed by atoms with E-state index in [0.29, 0.717) is 6.61 Å². The molecule has 3 aromatic rings. The predicted octanol–water partition coefficient (Wildman–Crippen LogP) is 5.45. The number of aromatic nitrogens is 1. The van der Waals surface area contributed by atoms with Crippen molar-refractivity contribution in [1.82, 2.24) is 10.1 Å². The lowest BCUT2D eigenvalue weighted by Gasteiger charge is -2.20. The van der Waals surface area contributed by atoms with E-state index in [-0.39, 0.29) is 0 Å². The fourth-order valence-electron chi connectivity index (χ4n) is 2.90. The van der Waals surface area contributed by atoms with Gasteiger partial charge in [0.25, 0.3) is 0 Å². The quantitative estimate of drug-likeness (QED) is 0.452.